The molecule has 0 atom stereocenters. The van der Waals surface area contributed by atoms with Crippen molar-refractivity contribution in [2.75, 3.05) is 13.2 Å². The fraction of sp³-hybridized carbons (Fsp3) is 0.550. The van der Waals surface area contributed by atoms with Gasteiger partial charge in [-0.25, -0.2) is 0 Å². The minimum Gasteiger partial charge on any atom is -0.483 e. The molecule has 1 spiro atoms. The maximum Gasteiger partial charge on any atom is 0.666 e. The Morgan fingerprint density at radius 3 is 2.36 bits per heavy atom. The van der Waals surface area contributed by atoms with Crippen LogP contribution in [0.15, 0.2) is 16.8 Å². The predicted octanol–water partition coefficient (Wildman–Crippen LogP) is 3.96. The average Bonchev–Trinajstić information content (AvgIpc) is 3.00. The van der Waals surface area contributed by atoms with Crippen molar-refractivity contribution in [2.45, 2.75) is 60.8 Å². The van der Waals surface area contributed by atoms with Crippen molar-refractivity contribution in [1.29, 1.82) is 0 Å². The lowest BCUT2D eigenvalue weighted by Crippen LogP contribution is -2.64. The molecule has 3 aliphatic heterocycles. The Morgan fingerprint density at radius 2 is 1.76 bits per heavy atom. The lowest BCUT2D eigenvalue weighted by atomic mass is 9.80. The molecule has 134 valence electrons. The zero-order chi connectivity index (χ0) is 17.9. The van der Waals surface area contributed by atoms with E-state index >= 15 is 0 Å². The van der Waals surface area contributed by atoms with Gasteiger partial charge in [-0.1, -0.05) is 13.8 Å². The van der Waals surface area contributed by atoms with E-state index in [1.807, 2.05) is 0 Å². The van der Waals surface area contributed by atoms with Gasteiger partial charge in [0.25, 0.3) is 0 Å². The van der Waals surface area contributed by atoms with Gasteiger partial charge in [0.15, 0.2) is 5.70 Å². The molecule has 0 bridgehead atoms. The molecule has 1 aromatic rings. The SMILES string of the molecule is CCC1=C(C)C2=Cc3c(C)c(CC)c(C)n3[B-]3(OCCCO3)[N+]2=C1C. The highest BCUT2D eigenvalue weighted by atomic mass is 16.6. The third kappa shape index (κ3) is 2.00. The van der Waals surface area contributed by atoms with E-state index in [1.54, 1.807) is 0 Å². The number of fused-ring (bicyclic) bond motifs is 4. The second-order valence-corrected chi connectivity index (χ2v) is 7.47. The van der Waals surface area contributed by atoms with Crippen molar-refractivity contribution in [1.82, 2.24) is 4.48 Å². The molecule has 4 heterocycles. The molecule has 4 nitrogen and oxygen atoms in total. The summed E-state index contributed by atoms with van der Waals surface area (Å²) in [6, 6.07) is 0. The highest BCUT2D eigenvalue weighted by Gasteiger charge is 2.56. The van der Waals surface area contributed by atoms with Crippen LogP contribution >= 0.6 is 0 Å². The highest BCUT2D eigenvalue weighted by Crippen LogP contribution is 2.41. The van der Waals surface area contributed by atoms with Crippen LogP contribution < -0.4 is 0 Å². The minimum absolute atomic E-state index is 0.745. The molecule has 4 rings (SSSR count). The van der Waals surface area contributed by atoms with Gasteiger partial charge >= 0.3 is 6.82 Å². The summed E-state index contributed by atoms with van der Waals surface area (Å²) in [6.07, 6.45) is 5.37. The molecule has 3 aliphatic rings. The van der Waals surface area contributed by atoms with Crippen molar-refractivity contribution in [3.05, 3.63) is 39.4 Å². The fourth-order valence-corrected chi connectivity index (χ4v) is 5.23. The van der Waals surface area contributed by atoms with E-state index in [9.17, 15) is 0 Å². The van der Waals surface area contributed by atoms with Gasteiger partial charge < -0.3 is 18.3 Å². The van der Waals surface area contributed by atoms with Gasteiger partial charge in [-0.05, 0) is 56.9 Å². The van der Waals surface area contributed by atoms with Crippen LogP contribution in [0, 0.1) is 13.8 Å². The van der Waals surface area contributed by atoms with Crippen LogP contribution in [-0.2, 0) is 15.7 Å². The summed E-state index contributed by atoms with van der Waals surface area (Å²) < 4.78 is 17.7. The maximum atomic E-state index is 6.49. The summed E-state index contributed by atoms with van der Waals surface area (Å²) in [7, 11) is 0. The van der Waals surface area contributed by atoms with E-state index in [0.717, 1.165) is 32.5 Å². The standard InChI is InChI=1S/C20H29BN2O2/c1-7-17-13(3)19-12-20-14(4)18(8-2)16(6)23(20)21(22(19)15(17)5)24-10-9-11-25-21/h12H,7-11H2,1-6H3. The van der Waals surface area contributed by atoms with E-state index in [-0.39, 0.29) is 0 Å². The van der Waals surface area contributed by atoms with E-state index in [4.69, 9.17) is 9.31 Å². The molecule has 1 fully saturated rings. The van der Waals surface area contributed by atoms with Gasteiger partial charge in [0.05, 0.1) is 0 Å². The summed E-state index contributed by atoms with van der Waals surface area (Å²) in [5.74, 6) is 0. The summed E-state index contributed by atoms with van der Waals surface area (Å²) in [6.45, 7) is 13.1. The molecule has 5 heteroatoms. The number of hydrogen-bond donors (Lipinski definition) is 0. The number of allylic oxidation sites excluding steroid dienone is 2. The first-order valence-electron chi connectivity index (χ1n) is 9.66. The van der Waals surface area contributed by atoms with Crippen molar-refractivity contribution in [3.63, 3.8) is 0 Å². The van der Waals surface area contributed by atoms with E-state index in [2.05, 4.69) is 56.6 Å². The predicted molar refractivity (Wildman–Crippen MR) is 103 cm³/mol. The van der Waals surface area contributed by atoms with Crippen LogP contribution in [0.2, 0.25) is 0 Å². The monoisotopic (exact) mass is 340 g/mol. The van der Waals surface area contributed by atoms with Crippen LogP contribution in [0.25, 0.3) is 6.08 Å². The molecule has 25 heavy (non-hydrogen) atoms. The Balaban J connectivity index is 2.08. The van der Waals surface area contributed by atoms with Crippen molar-refractivity contribution in [3.8, 4) is 0 Å². The van der Waals surface area contributed by atoms with Crippen molar-refractivity contribution in [2.24, 2.45) is 0 Å². The second-order valence-electron chi connectivity index (χ2n) is 7.47. The van der Waals surface area contributed by atoms with E-state index in [1.165, 1.54) is 45.1 Å². The summed E-state index contributed by atoms with van der Waals surface area (Å²) in [5, 5.41) is 0. The second kappa shape index (κ2) is 5.71. The normalized spacial score (nSPS) is 21.8. The van der Waals surface area contributed by atoms with Crippen molar-refractivity contribution >= 4 is 18.6 Å². The van der Waals surface area contributed by atoms with Crippen LogP contribution in [0.5, 0.6) is 0 Å². The van der Waals surface area contributed by atoms with Gasteiger partial charge in [-0.2, -0.15) is 0 Å². The molecule has 1 saturated heterocycles. The number of rotatable bonds is 2. The topological polar surface area (TPSA) is 26.4 Å². The molecule has 0 amide bonds. The molecule has 0 radical (unpaired) electrons. The third-order valence-electron chi connectivity index (χ3n) is 6.38. The first-order chi connectivity index (χ1) is 12.0. The highest BCUT2D eigenvalue weighted by molar-refractivity contribution is 6.59. The average molecular weight is 340 g/mol. The molecule has 0 aliphatic carbocycles. The molecule has 0 N–H and O–H groups in total. The summed E-state index contributed by atoms with van der Waals surface area (Å²) in [4.78, 5) is 0. The Labute approximate surface area is 150 Å². The molecule has 0 aromatic carbocycles. The number of hydrogen-bond acceptors (Lipinski definition) is 2. The molecule has 0 saturated carbocycles. The molecule has 0 unspecified atom stereocenters. The van der Waals surface area contributed by atoms with Gasteiger partial charge in [-0.3, -0.25) is 0 Å². The smallest absolute Gasteiger partial charge is 0.483 e. The van der Waals surface area contributed by atoms with Gasteiger partial charge in [-0.15, -0.1) is 0 Å². The van der Waals surface area contributed by atoms with Gasteiger partial charge in [0.1, 0.15) is 5.71 Å². The van der Waals surface area contributed by atoms with Crippen LogP contribution in [-0.4, -0.2) is 34.7 Å². The molecule has 1 aromatic heterocycles. The molecular formula is C20H29BN2O2. The Hall–Kier alpha value is -1.59. The van der Waals surface area contributed by atoms with Crippen LogP contribution in [0.3, 0.4) is 0 Å². The minimum atomic E-state index is -1.72. The Morgan fingerprint density at radius 1 is 1.08 bits per heavy atom. The number of nitrogens with zero attached hydrogens (tertiary/aromatic N) is 2. The van der Waals surface area contributed by atoms with E-state index in [0.29, 0.717) is 0 Å². The first kappa shape index (κ1) is 16.9. The maximum absolute atomic E-state index is 6.49. The third-order valence-corrected chi connectivity index (χ3v) is 6.38. The Bertz CT molecular complexity index is 852. The van der Waals surface area contributed by atoms with Crippen LogP contribution in [0.1, 0.15) is 63.1 Å². The lowest BCUT2D eigenvalue weighted by molar-refractivity contribution is -0.389. The molecular weight excluding hydrogens is 311 g/mol. The van der Waals surface area contributed by atoms with Gasteiger partial charge in [0, 0.05) is 43.1 Å². The zero-order valence-electron chi connectivity index (χ0n) is 16.4. The summed E-state index contributed by atoms with van der Waals surface area (Å²) >= 11 is 0. The Kier molecular flexibility index (Phi) is 3.85. The van der Waals surface area contributed by atoms with Gasteiger partial charge in [0.2, 0.25) is 0 Å². The fourth-order valence-electron chi connectivity index (χ4n) is 5.23. The quantitative estimate of drug-likeness (QED) is 0.762. The summed E-state index contributed by atoms with van der Waals surface area (Å²) in [5.41, 5.74) is 10.6. The zero-order valence-corrected chi connectivity index (χ0v) is 16.4. The first-order valence-corrected chi connectivity index (χ1v) is 9.66. The number of aromatic nitrogens is 1. The lowest BCUT2D eigenvalue weighted by Gasteiger charge is -2.44. The largest absolute Gasteiger partial charge is 0.666 e. The van der Waals surface area contributed by atoms with E-state index < -0.39 is 6.82 Å². The van der Waals surface area contributed by atoms with Crippen LogP contribution in [0.4, 0.5) is 0 Å². The van der Waals surface area contributed by atoms with Crippen molar-refractivity contribution < 1.29 is 13.8 Å².